The van der Waals surface area contributed by atoms with Crippen molar-refractivity contribution in [2.45, 2.75) is 13.0 Å². The highest BCUT2D eigenvalue weighted by Gasteiger charge is 2.09. The Morgan fingerprint density at radius 2 is 1.85 bits per heavy atom. The van der Waals surface area contributed by atoms with E-state index in [1.807, 2.05) is 36.4 Å². The molecule has 0 fully saturated rings. The van der Waals surface area contributed by atoms with Crippen molar-refractivity contribution in [2.24, 2.45) is 0 Å². The van der Waals surface area contributed by atoms with Crippen molar-refractivity contribution in [1.29, 1.82) is 0 Å². The molecule has 0 amide bonds. The summed E-state index contributed by atoms with van der Waals surface area (Å²) in [6, 6.07) is 16.7. The minimum Gasteiger partial charge on any atom is -0.350 e. The van der Waals surface area contributed by atoms with Gasteiger partial charge in [-0.25, -0.2) is 4.98 Å². The van der Waals surface area contributed by atoms with Crippen LogP contribution in [0.4, 0.5) is 5.95 Å². The molecule has 2 aromatic heterocycles. The van der Waals surface area contributed by atoms with E-state index in [4.69, 9.17) is 23.2 Å². The van der Waals surface area contributed by atoms with Crippen molar-refractivity contribution in [2.75, 3.05) is 5.32 Å². The quantitative estimate of drug-likeness (QED) is 0.533. The van der Waals surface area contributed by atoms with Gasteiger partial charge in [0.15, 0.2) is 0 Å². The maximum atomic E-state index is 12.4. The van der Waals surface area contributed by atoms with Gasteiger partial charge in [-0.15, -0.1) is 0 Å². The van der Waals surface area contributed by atoms with Crippen LogP contribution in [0.3, 0.4) is 0 Å². The summed E-state index contributed by atoms with van der Waals surface area (Å²) in [6.07, 6.45) is 0.572. The lowest BCUT2D eigenvalue weighted by Crippen LogP contribution is -2.16. The first-order chi connectivity index (χ1) is 13.1. The highest BCUT2D eigenvalue weighted by molar-refractivity contribution is 6.35. The maximum Gasteiger partial charge on any atom is 0.274 e. The highest BCUT2D eigenvalue weighted by atomic mass is 35.5. The molecule has 2 heterocycles. The third-order valence-electron chi connectivity index (χ3n) is 4.07. The summed E-state index contributed by atoms with van der Waals surface area (Å²) in [5, 5.41) is 7.16. The Kier molecular flexibility index (Phi) is 4.83. The van der Waals surface area contributed by atoms with Gasteiger partial charge in [-0.3, -0.25) is 9.89 Å². The summed E-state index contributed by atoms with van der Waals surface area (Å²) >= 11 is 12.1. The molecule has 4 aromatic rings. The van der Waals surface area contributed by atoms with Gasteiger partial charge in [0, 0.05) is 29.1 Å². The van der Waals surface area contributed by atoms with Crippen molar-refractivity contribution in [3.63, 3.8) is 0 Å². The Hall–Kier alpha value is -2.83. The van der Waals surface area contributed by atoms with Crippen LogP contribution in [0.1, 0.15) is 16.8 Å². The van der Waals surface area contributed by atoms with E-state index in [9.17, 15) is 4.79 Å². The Bertz CT molecular complexity index is 1150. The minimum atomic E-state index is -0.212. The van der Waals surface area contributed by atoms with Crippen LogP contribution in [-0.2, 0) is 13.0 Å². The number of nitrogens with zero attached hydrogens (tertiary/aromatic N) is 3. The highest BCUT2D eigenvalue weighted by Crippen LogP contribution is 2.21. The molecular weight excluding hydrogens is 385 g/mol. The standard InChI is InChI=1S/C19H15Cl2N5O/c20-14-7-6-13(16(21)9-14)11-22-18-24-19-23-15(10-17(27)26(19)25-18)8-12-4-2-1-3-5-12/h1-7,9-10H,8,11H2,(H2,22,23,24,25). The van der Waals surface area contributed by atoms with Crippen LogP contribution >= 0.6 is 23.2 Å². The Balaban J connectivity index is 1.56. The zero-order valence-electron chi connectivity index (χ0n) is 14.1. The summed E-state index contributed by atoms with van der Waals surface area (Å²) in [4.78, 5) is 21.2. The predicted molar refractivity (Wildman–Crippen MR) is 107 cm³/mol. The van der Waals surface area contributed by atoms with Crippen LogP contribution in [0.2, 0.25) is 10.0 Å². The molecule has 0 radical (unpaired) electrons. The number of fused-ring (bicyclic) bond motifs is 1. The average Bonchev–Trinajstić information content (AvgIpc) is 3.05. The molecule has 0 saturated carbocycles. The topological polar surface area (TPSA) is 75.1 Å². The lowest BCUT2D eigenvalue weighted by Gasteiger charge is -2.05. The average molecular weight is 400 g/mol. The van der Waals surface area contributed by atoms with E-state index < -0.39 is 0 Å². The van der Waals surface area contributed by atoms with E-state index >= 15 is 0 Å². The van der Waals surface area contributed by atoms with E-state index in [1.54, 1.807) is 12.1 Å². The largest absolute Gasteiger partial charge is 0.350 e. The van der Waals surface area contributed by atoms with Crippen LogP contribution in [0.25, 0.3) is 5.78 Å². The first kappa shape index (κ1) is 17.6. The summed E-state index contributed by atoms with van der Waals surface area (Å²) in [6.45, 7) is 0.432. The second-order valence-electron chi connectivity index (χ2n) is 6.05. The molecule has 2 N–H and O–H groups in total. The molecule has 0 aliphatic carbocycles. The fraction of sp³-hybridized carbons (Fsp3) is 0.105. The molecule has 0 unspecified atom stereocenters. The number of rotatable bonds is 5. The summed E-state index contributed by atoms with van der Waals surface area (Å²) in [7, 11) is 0. The molecule has 0 bridgehead atoms. The predicted octanol–water partition coefficient (Wildman–Crippen LogP) is 3.93. The van der Waals surface area contributed by atoms with Crippen molar-refractivity contribution in [1.82, 2.24) is 19.6 Å². The van der Waals surface area contributed by atoms with E-state index in [0.29, 0.717) is 40.4 Å². The van der Waals surface area contributed by atoms with Crippen molar-refractivity contribution in [3.05, 3.63) is 91.8 Å². The Morgan fingerprint density at radius 3 is 2.63 bits per heavy atom. The van der Waals surface area contributed by atoms with E-state index in [-0.39, 0.29) is 5.56 Å². The number of anilines is 1. The van der Waals surface area contributed by atoms with Crippen molar-refractivity contribution in [3.8, 4) is 0 Å². The lowest BCUT2D eigenvalue weighted by atomic mass is 10.1. The molecule has 136 valence electrons. The number of halogens is 2. The molecule has 0 aliphatic heterocycles. The molecule has 2 aromatic carbocycles. The van der Waals surface area contributed by atoms with Gasteiger partial charge in [-0.1, -0.05) is 59.6 Å². The van der Waals surface area contributed by atoms with Gasteiger partial charge in [0.1, 0.15) is 0 Å². The second kappa shape index (κ2) is 7.42. The number of hydrogen-bond donors (Lipinski definition) is 2. The second-order valence-corrected chi connectivity index (χ2v) is 6.89. The van der Waals surface area contributed by atoms with Crippen LogP contribution in [-0.4, -0.2) is 19.6 Å². The molecule has 0 atom stereocenters. The fourth-order valence-corrected chi connectivity index (χ4v) is 3.22. The molecule has 0 spiro atoms. The Labute approximate surface area is 164 Å². The number of nitrogens with one attached hydrogen (secondary N) is 2. The molecule has 8 heteroatoms. The number of H-pyrrole nitrogens is 1. The van der Waals surface area contributed by atoms with Gasteiger partial charge in [0.05, 0.1) is 5.69 Å². The zero-order chi connectivity index (χ0) is 18.8. The van der Waals surface area contributed by atoms with E-state index in [2.05, 4.69) is 20.4 Å². The zero-order valence-corrected chi connectivity index (χ0v) is 15.6. The lowest BCUT2D eigenvalue weighted by molar-refractivity contribution is 0.877. The monoisotopic (exact) mass is 399 g/mol. The number of aromatic nitrogens is 4. The number of aromatic amines is 1. The van der Waals surface area contributed by atoms with Crippen molar-refractivity contribution >= 4 is 34.9 Å². The van der Waals surface area contributed by atoms with Gasteiger partial charge >= 0.3 is 0 Å². The van der Waals surface area contributed by atoms with Gasteiger partial charge in [0.25, 0.3) is 11.3 Å². The first-order valence-corrected chi connectivity index (χ1v) is 9.04. The van der Waals surface area contributed by atoms with Crippen LogP contribution < -0.4 is 10.9 Å². The third kappa shape index (κ3) is 3.97. The molecular formula is C19H15Cl2N5O. The smallest absolute Gasteiger partial charge is 0.274 e. The van der Waals surface area contributed by atoms with Crippen LogP contribution in [0, 0.1) is 0 Å². The normalized spacial score (nSPS) is 11.0. The minimum absolute atomic E-state index is 0.212. The first-order valence-electron chi connectivity index (χ1n) is 8.29. The molecule has 27 heavy (non-hydrogen) atoms. The molecule has 0 saturated heterocycles. The van der Waals surface area contributed by atoms with Gasteiger partial charge in [-0.05, 0) is 23.3 Å². The SMILES string of the molecule is O=c1cc(Cc2ccccc2)nc2nc(NCc3ccc(Cl)cc3Cl)[nH]n12. The summed E-state index contributed by atoms with van der Waals surface area (Å²) in [5.41, 5.74) is 2.41. The van der Waals surface area contributed by atoms with Crippen molar-refractivity contribution < 1.29 is 0 Å². The van der Waals surface area contributed by atoms with Gasteiger partial charge in [-0.2, -0.15) is 9.50 Å². The van der Waals surface area contributed by atoms with Gasteiger partial charge in [0.2, 0.25) is 5.95 Å². The van der Waals surface area contributed by atoms with Gasteiger partial charge < -0.3 is 5.32 Å². The number of benzene rings is 2. The maximum absolute atomic E-state index is 12.4. The molecule has 0 aliphatic rings. The molecule has 6 nitrogen and oxygen atoms in total. The summed E-state index contributed by atoms with van der Waals surface area (Å²) in [5.74, 6) is 0.751. The fourth-order valence-electron chi connectivity index (χ4n) is 2.75. The molecule has 4 rings (SSSR count). The van der Waals surface area contributed by atoms with E-state index in [0.717, 1.165) is 11.1 Å². The van der Waals surface area contributed by atoms with E-state index in [1.165, 1.54) is 10.6 Å². The summed E-state index contributed by atoms with van der Waals surface area (Å²) < 4.78 is 1.31. The van der Waals surface area contributed by atoms with Crippen LogP contribution in [0.5, 0.6) is 0 Å². The van der Waals surface area contributed by atoms with Crippen LogP contribution in [0.15, 0.2) is 59.4 Å². The third-order valence-corrected chi connectivity index (χ3v) is 4.66. The Morgan fingerprint density at radius 1 is 1.04 bits per heavy atom. The number of hydrogen-bond acceptors (Lipinski definition) is 4.